The Morgan fingerprint density at radius 1 is 1.17 bits per heavy atom. The van der Waals surface area contributed by atoms with E-state index in [1.54, 1.807) is 0 Å². The van der Waals surface area contributed by atoms with E-state index < -0.39 is 0 Å². The second-order valence-electron chi connectivity index (χ2n) is 4.14. The number of nitrogens with one attached hydrogen (secondary N) is 1. The third kappa shape index (κ3) is 5.16. The van der Waals surface area contributed by atoms with Crippen molar-refractivity contribution in [2.75, 3.05) is 13.2 Å². The molecule has 0 aliphatic rings. The molecular formula is C13H21N3O2. The van der Waals surface area contributed by atoms with E-state index in [0.29, 0.717) is 5.56 Å². The van der Waals surface area contributed by atoms with Gasteiger partial charge in [-0.1, -0.05) is 29.4 Å². The van der Waals surface area contributed by atoms with E-state index in [4.69, 9.17) is 16.0 Å². The van der Waals surface area contributed by atoms with Crippen LogP contribution in [0.5, 0.6) is 0 Å². The van der Waals surface area contributed by atoms with Crippen molar-refractivity contribution in [1.82, 2.24) is 5.32 Å². The predicted molar refractivity (Wildman–Crippen MR) is 71.6 cm³/mol. The number of unbranched alkanes of at least 4 members (excludes halogenated alkanes) is 2. The molecule has 5 nitrogen and oxygen atoms in total. The number of aliphatic hydroxyl groups excluding tert-OH is 1. The van der Waals surface area contributed by atoms with Gasteiger partial charge in [-0.25, -0.2) is 0 Å². The Hall–Kier alpha value is -1.59. The van der Waals surface area contributed by atoms with Crippen molar-refractivity contribution in [3.8, 4) is 0 Å². The molecule has 0 aromatic heterocycles. The highest BCUT2D eigenvalue weighted by molar-refractivity contribution is 5.96. The Balaban J connectivity index is 2.27. The number of rotatable bonds is 8. The molecule has 0 unspecified atom stereocenters. The quantitative estimate of drug-likeness (QED) is 0.183. The highest BCUT2D eigenvalue weighted by Gasteiger charge is 1.98. The van der Waals surface area contributed by atoms with Crippen LogP contribution in [0.3, 0.4) is 0 Å². The smallest absolute Gasteiger partial charge is 0.170 e. The molecule has 0 bridgehead atoms. The zero-order chi connectivity index (χ0) is 13.2. The van der Waals surface area contributed by atoms with E-state index in [0.717, 1.165) is 37.9 Å². The number of hydrogen-bond acceptors (Lipinski definition) is 4. The van der Waals surface area contributed by atoms with E-state index in [2.05, 4.69) is 10.5 Å². The topological polar surface area (TPSA) is 90.9 Å². The number of nitrogens with zero attached hydrogens (tertiary/aromatic N) is 1. The second-order valence-corrected chi connectivity index (χ2v) is 4.14. The van der Waals surface area contributed by atoms with Crippen molar-refractivity contribution in [3.05, 3.63) is 35.4 Å². The summed E-state index contributed by atoms with van der Waals surface area (Å²) in [5, 5.41) is 23.4. The lowest BCUT2D eigenvalue weighted by Gasteiger charge is -2.05. The third-order valence-electron chi connectivity index (χ3n) is 2.70. The van der Waals surface area contributed by atoms with Crippen LogP contribution in [0.2, 0.25) is 0 Å². The Labute approximate surface area is 107 Å². The molecule has 0 heterocycles. The molecule has 0 radical (unpaired) electrons. The molecule has 0 atom stereocenters. The van der Waals surface area contributed by atoms with Crippen molar-refractivity contribution in [3.63, 3.8) is 0 Å². The highest BCUT2D eigenvalue weighted by atomic mass is 16.4. The third-order valence-corrected chi connectivity index (χ3v) is 2.70. The number of hydrogen-bond donors (Lipinski definition) is 4. The molecule has 0 saturated carbocycles. The standard InChI is InChI=1S/C13H21N3O2/c14-13(16-18)12-6-4-11(5-7-12)10-15-8-2-1-3-9-17/h4-7,15,17-18H,1-3,8-10H2,(H2,14,16). The number of aliphatic hydroxyl groups is 1. The molecule has 0 aliphatic carbocycles. The summed E-state index contributed by atoms with van der Waals surface area (Å²) in [4.78, 5) is 0. The maximum Gasteiger partial charge on any atom is 0.170 e. The van der Waals surface area contributed by atoms with Gasteiger partial charge >= 0.3 is 0 Å². The van der Waals surface area contributed by atoms with Crippen LogP contribution in [-0.2, 0) is 6.54 Å². The monoisotopic (exact) mass is 251 g/mol. The molecule has 100 valence electrons. The minimum atomic E-state index is 0.124. The van der Waals surface area contributed by atoms with Crippen LogP contribution in [0.1, 0.15) is 30.4 Å². The largest absolute Gasteiger partial charge is 0.409 e. The molecule has 1 aromatic carbocycles. The fraction of sp³-hybridized carbons (Fsp3) is 0.462. The van der Waals surface area contributed by atoms with Gasteiger partial charge in [0.1, 0.15) is 0 Å². The van der Waals surface area contributed by atoms with Gasteiger partial charge in [0.15, 0.2) is 5.84 Å². The summed E-state index contributed by atoms with van der Waals surface area (Å²) >= 11 is 0. The molecule has 5 N–H and O–H groups in total. The van der Waals surface area contributed by atoms with E-state index in [1.165, 1.54) is 0 Å². The van der Waals surface area contributed by atoms with Crippen LogP contribution in [0.25, 0.3) is 0 Å². The van der Waals surface area contributed by atoms with Crippen molar-refractivity contribution in [2.24, 2.45) is 10.9 Å². The second kappa shape index (κ2) is 8.49. The molecule has 1 rings (SSSR count). The van der Waals surface area contributed by atoms with Gasteiger partial charge < -0.3 is 21.4 Å². The van der Waals surface area contributed by atoms with Crippen LogP contribution >= 0.6 is 0 Å². The summed E-state index contributed by atoms with van der Waals surface area (Å²) in [6.07, 6.45) is 2.99. The lowest BCUT2D eigenvalue weighted by molar-refractivity contribution is 0.283. The van der Waals surface area contributed by atoms with Crippen molar-refractivity contribution >= 4 is 5.84 Å². The summed E-state index contributed by atoms with van der Waals surface area (Å²) in [7, 11) is 0. The van der Waals surface area contributed by atoms with Crippen LogP contribution in [0.4, 0.5) is 0 Å². The molecule has 1 aromatic rings. The predicted octanol–water partition coefficient (Wildman–Crippen LogP) is 1.03. The summed E-state index contributed by atoms with van der Waals surface area (Å²) < 4.78 is 0. The highest BCUT2D eigenvalue weighted by Crippen LogP contribution is 2.04. The maximum absolute atomic E-state index is 8.63. The zero-order valence-electron chi connectivity index (χ0n) is 10.5. The fourth-order valence-corrected chi connectivity index (χ4v) is 1.62. The lowest BCUT2D eigenvalue weighted by atomic mass is 10.1. The van der Waals surface area contributed by atoms with Crippen LogP contribution in [0, 0.1) is 0 Å². The summed E-state index contributed by atoms with van der Waals surface area (Å²) in [6.45, 7) is 2.02. The van der Waals surface area contributed by atoms with Crippen molar-refractivity contribution < 1.29 is 10.3 Å². The maximum atomic E-state index is 8.63. The van der Waals surface area contributed by atoms with Gasteiger partial charge in [0.25, 0.3) is 0 Å². The summed E-state index contributed by atoms with van der Waals surface area (Å²) in [5.41, 5.74) is 7.35. The molecule has 18 heavy (non-hydrogen) atoms. The molecule has 0 saturated heterocycles. The van der Waals surface area contributed by atoms with Gasteiger partial charge in [-0.05, 0) is 31.4 Å². The first kappa shape index (κ1) is 14.5. The minimum absolute atomic E-state index is 0.124. The Morgan fingerprint density at radius 3 is 2.50 bits per heavy atom. The average Bonchev–Trinajstić information content (AvgIpc) is 2.42. The van der Waals surface area contributed by atoms with E-state index >= 15 is 0 Å². The Morgan fingerprint density at radius 2 is 1.89 bits per heavy atom. The number of nitrogens with two attached hydrogens (primary N) is 1. The SMILES string of the molecule is N/C(=N/O)c1ccc(CNCCCCCO)cc1. The molecule has 5 heteroatoms. The van der Waals surface area contributed by atoms with Crippen LogP contribution in [-0.4, -0.2) is 29.3 Å². The Bertz CT molecular complexity index is 363. The first-order valence-electron chi connectivity index (χ1n) is 6.16. The van der Waals surface area contributed by atoms with Crippen LogP contribution < -0.4 is 11.1 Å². The van der Waals surface area contributed by atoms with Gasteiger partial charge in [0.05, 0.1) is 0 Å². The van der Waals surface area contributed by atoms with Gasteiger partial charge in [-0.15, -0.1) is 0 Å². The number of amidine groups is 1. The number of benzene rings is 1. The zero-order valence-corrected chi connectivity index (χ0v) is 10.5. The van der Waals surface area contributed by atoms with E-state index in [9.17, 15) is 0 Å². The van der Waals surface area contributed by atoms with Crippen LogP contribution in [0.15, 0.2) is 29.4 Å². The summed E-state index contributed by atoms with van der Waals surface area (Å²) in [6, 6.07) is 7.57. The minimum Gasteiger partial charge on any atom is -0.409 e. The van der Waals surface area contributed by atoms with Crippen molar-refractivity contribution in [1.29, 1.82) is 0 Å². The van der Waals surface area contributed by atoms with Gasteiger partial charge in [0.2, 0.25) is 0 Å². The first-order valence-corrected chi connectivity index (χ1v) is 6.16. The Kier molecular flexibility index (Phi) is 6.83. The average molecular weight is 251 g/mol. The molecular weight excluding hydrogens is 230 g/mol. The molecule has 0 fully saturated rings. The van der Waals surface area contributed by atoms with Crippen molar-refractivity contribution in [2.45, 2.75) is 25.8 Å². The van der Waals surface area contributed by atoms with Gasteiger partial charge in [0, 0.05) is 18.7 Å². The fourth-order valence-electron chi connectivity index (χ4n) is 1.62. The molecule has 0 aliphatic heterocycles. The van der Waals surface area contributed by atoms with E-state index in [1.807, 2.05) is 24.3 Å². The lowest BCUT2D eigenvalue weighted by Crippen LogP contribution is -2.16. The number of oxime groups is 1. The molecule has 0 spiro atoms. The normalized spacial score (nSPS) is 11.7. The molecule has 0 amide bonds. The first-order chi connectivity index (χ1) is 8.77. The van der Waals surface area contributed by atoms with E-state index in [-0.39, 0.29) is 12.4 Å². The summed E-state index contributed by atoms with van der Waals surface area (Å²) in [5.74, 6) is 0.124. The van der Waals surface area contributed by atoms with Gasteiger partial charge in [-0.2, -0.15) is 0 Å². The van der Waals surface area contributed by atoms with Gasteiger partial charge in [-0.3, -0.25) is 0 Å².